The first-order chi connectivity index (χ1) is 10.4. The first kappa shape index (κ1) is 19.8. The summed E-state index contributed by atoms with van der Waals surface area (Å²) in [4.78, 5) is 16.7. The lowest BCUT2D eigenvalue weighted by Crippen LogP contribution is -2.54. The molecule has 4 nitrogen and oxygen atoms in total. The normalized spacial score (nSPS) is 17.4. The monoisotopic (exact) mass is 339 g/mol. The number of hydrogen-bond donors (Lipinski definition) is 1. The molecule has 2 rings (SSSR count). The lowest BCUT2D eigenvalue weighted by Gasteiger charge is -2.38. The Bertz CT molecular complexity index is 527. The first-order valence-electron chi connectivity index (χ1n) is 8.30. The average molecular weight is 340 g/mol. The van der Waals surface area contributed by atoms with E-state index in [1.807, 2.05) is 4.90 Å². The topological polar surface area (TPSA) is 49.6 Å². The number of carbonyl (C=O) groups is 1. The van der Waals surface area contributed by atoms with Crippen LogP contribution in [-0.4, -0.2) is 43.0 Å². The molecule has 0 aliphatic carbocycles. The van der Waals surface area contributed by atoms with Crippen molar-refractivity contribution < 1.29 is 4.79 Å². The van der Waals surface area contributed by atoms with Crippen molar-refractivity contribution in [1.29, 1.82) is 0 Å². The SMILES string of the molecule is CCC(C)C(N)C(=O)N1CCN(c2cc(C)ccc2C)CC1.Cl. The molecule has 0 radical (unpaired) electrons. The van der Waals surface area contributed by atoms with E-state index in [0.717, 1.165) is 32.6 Å². The smallest absolute Gasteiger partial charge is 0.239 e. The molecule has 2 unspecified atom stereocenters. The summed E-state index contributed by atoms with van der Waals surface area (Å²) in [6.07, 6.45) is 0.940. The van der Waals surface area contributed by atoms with Crippen LogP contribution in [0.1, 0.15) is 31.4 Å². The molecule has 1 aliphatic rings. The minimum Gasteiger partial charge on any atom is -0.368 e. The van der Waals surface area contributed by atoms with Gasteiger partial charge >= 0.3 is 0 Å². The molecule has 1 aromatic carbocycles. The van der Waals surface area contributed by atoms with Crippen molar-refractivity contribution in [2.24, 2.45) is 11.7 Å². The predicted octanol–water partition coefficient (Wildman–Crippen LogP) is 2.75. The van der Waals surface area contributed by atoms with Crippen LogP contribution in [0.4, 0.5) is 5.69 Å². The fraction of sp³-hybridized carbons (Fsp3) is 0.611. The number of benzene rings is 1. The number of halogens is 1. The van der Waals surface area contributed by atoms with E-state index < -0.39 is 0 Å². The Balaban J connectivity index is 0.00000264. The largest absolute Gasteiger partial charge is 0.368 e. The van der Waals surface area contributed by atoms with Gasteiger partial charge in [0.1, 0.15) is 0 Å². The number of nitrogens with two attached hydrogens (primary N) is 1. The Morgan fingerprint density at radius 2 is 1.83 bits per heavy atom. The number of amides is 1. The Hall–Kier alpha value is -1.26. The van der Waals surface area contributed by atoms with Gasteiger partial charge in [0, 0.05) is 31.9 Å². The number of hydrogen-bond acceptors (Lipinski definition) is 3. The van der Waals surface area contributed by atoms with Gasteiger partial charge < -0.3 is 15.5 Å². The van der Waals surface area contributed by atoms with E-state index in [-0.39, 0.29) is 30.3 Å². The lowest BCUT2D eigenvalue weighted by atomic mass is 9.98. The van der Waals surface area contributed by atoms with E-state index in [4.69, 9.17) is 5.73 Å². The van der Waals surface area contributed by atoms with Crippen molar-refractivity contribution in [2.75, 3.05) is 31.1 Å². The maximum absolute atomic E-state index is 12.4. The third-order valence-electron chi connectivity index (χ3n) is 4.84. The lowest BCUT2D eigenvalue weighted by molar-refractivity contribution is -0.134. The second-order valence-corrected chi connectivity index (χ2v) is 6.51. The van der Waals surface area contributed by atoms with Gasteiger partial charge in [-0.1, -0.05) is 32.4 Å². The highest BCUT2D eigenvalue weighted by Crippen LogP contribution is 2.23. The van der Waals surface area contributed by atoms with Crippen LogP contribution in [0.25, 0.3) is 0 Å². The molecule has 0 spiro atoms. The maximum Gasteiger partial charge on any atom is 0.239 e. The second-order valence-electron chi connectivity index (χ2n) is 6.51. The summed E-state index contributed by atoms with van der Waals surface area (Å²) >= 11 is 0. The molecule has 2 atom stereocenters. The van der Waals surface area contributed by atoms with E-state index in [2.05, 4.69) is 50.8 Å². The van der Waals surface area contributed by atoms with Gasteiger partial charge in [-0.05, 0) is 37.0 Å². The summed E-state index contributed by atoms with van der Waals surface area (Å²) in [5.41, 5.74) is 9.95. The van der Waals surface area contributed by atoms with Gasteiger partial charge in [0.15, 0.2) is 0 Å². The molecular formula is C18H30ClN3O. The number of rotatable bonds is 4. The minimum absolute atomic E-state index is 0. The number of piperazine rings is 1. The fourth-order valence-corrected chi connectivity index (χ4v) is 2.94. The third kappa shape index (κ3) is 4.61. The van der Waals surface area contributed by atoms with E-state index in [1.54, 1.807) is 0 Å². The van der Waals surface area contributed by atoms with Crippen LogP contribution in [0, 0.1) is 19.8 Å². The van der Waals surface area contributed by atoms with Crippen LogP contribution in [0.5, 0.6) is 0 Å². The van der Waals surface area contributed by atoms with Gasteiger partial charge in [-0.3, -0.25) is 4.79 Å². The number of nitrogens with zero attached hydrogens (tertiary/aromatic N) is 2. The van der Waals surface area contributed by atoms with Gasteiger partial charge in [-0.2, -0.15) is 0 Å². The third-order valence-corrected chi connectivity index (χ3v) is 4.84. The highest BCUT2D eigenvalue weighted by Gasteiger charge is 2.28. The summed E-state index contributed by atoms with van der Waals surface area (Å²) in [5, 5.41) is 0. The fourth-order valence-electron chi connectivity index (χ4n) is 2.94. The molecule has 0 aromatic heterocycles. The van der Waals surface area contributed by atoms with E-state index in [1.165, 1.54) is 16.8 Å². The molecule has 1 aliphatic heterocycles. The summed E-state index contributed by atoms with van der Waals surface area (Å²) in [6.45, 7) is 11.7. The van der Waals surface area contributed by atoms with Crippen LogP contribution >= 0.6 is 12.4 Å². The van der Waals surface area contributed by atoms with Crippen LogP contribution in [0.3, 0.4) is 0 Å². The molecule has 1 heterocycles. The Labute approximate surface area is 146 Å². The number of anilines is 1. The molecule has 0 bridgehead atoms. The molecular weight excluding hydrogens is 310 g/mol. The van der Waals surface area contributed by atoms with Crippen molar-refractivity contribution in [3.05, 3.63) is 29.3 Å². The van der Waals surface area contributed by atoms with Gasteiger partial charge in [0.25, 0.3) is 0 Å². The van der Waals surface area contributed by atoms with Crippen LogP contribution in [0.15, 0.2) is 18.2 Å². The minimum atomic E-state index is -0.364. The van der Waals surface area contributed by atoms with Gasteiger partial charge in [-0.25, -0.2) is 0 Å². The van der Waals surface area contributed by atoms with Crippen molar-refractivity contribution in [1.82, 2.24) is 4.90 Å². The standard InChI is InChI=1S/C18H29N3O.ClH/c1-5-14(3)17(19)18(22)21-10-8-20(9-11-21)16-12-13(2)6-7-15(16)4;/h6-7,12,14,17H,5,8-11,19H2,1-4H3;1H. The molecule has 1 fully saturated rings. The van der Waals surface area contributed by atoms with Crippen LogP contribution in [-0.2, 0) is 4.79 Å². The molecule has 5 heteroatoms. The highest BCUT2D eigenvalue weighted by molar-refractivity contribution is 5.85. The van der Waals surface area contributed by atoms with Crippen molar-refractivity contribution in [3.63, 3.8) is 0 Å². The Morgan fingerprint density at radius 1 is 1.22 bits per heavy atom. The molecule has 23 heavy (non-hydrogen) atoms. The summed E-state index contributed by atoms with van der Waals surface area (Å²) < 4.78 is 0. The summed E-state index contributed by atoms with van der Waals surface area (Å²) in [5.74, 6) is 0.347. The van der Waals surface area contributed by atoms with Crippen LogP contribution < -0.4 is 10.6 Å². The van der Waals surface area contributed by atoms with Crippen molar-refractivity contribution in [2.45, 2.75) is 40.2 Å². The molecule has 1 aromatic rings. The predicted molar refractivity (Wildman–Crippen MR) is 99.4 cm³/mol. The molecule has 0 saturated carbocycles. The second kappa shape index (κ2) is 8.55. The van der Waals surface area contributed by atoms with Crippen molar-refractivity contribution >= 4 is 24.0 Å². The number of aryl methyl sites for hydroxylation is 2. The molecule has 1 saturated heterocycles. The van der Waals surface area contributed by atoms with Gasteiger partial charge in [0.2, 0.25) is 5.91 Å². The zero-order valence-corrected chi connectivity index (χ0v) is 15.5. The first-order valence-corrected chi connectivity index (χ1v) is 8.30. The van der Waals surface area contributed by atoms with E-state index in [0.29, 0.717) is 0 Å². The Kier molecular flexibility index (Phi) is 7.36. The molecule has 130 valence electrons. The summed E-state index contributed by atoms with van der Waals surface area (Å²) in [6, 6.07) is 6.18. The van der Waals surface area contributed by atoms with Crippen molar-refractivity contribution in [3.8, 4) is 0 Å². The Morgan fingerprint density at radius 3 is 2.39 bits per heavy atom. The number of carbonyl (C=O) groups excluding carboxylic acids is 1. The van der Waals surface area contributed by atoms with E-state index in [9.17, 15) is 4.79 Å². The average Bonchev–Trinajstić information content (AvgIpc) is 2.55. The van der Waals surface area contributed by atoms with E-state index >= 15 is 0 Å². The quantitative estimate of drug-likeness (QED) is 0.917. The zero-order chi connectivity index (χ0) is 16.3. The molecule has 2 N–H and O–H groups in total. The van der Waals surface area contributed by atoms with Gasteiger partial charge in [0.05, 0.1) is 6.04 Å². The van der Waals surface area contributed by atoms with Crippen LogP contribution in [0.2, 0.25) is 0 Å². The zero-order valence-electron chi connectivity index (χ0n) is 14.7. The molecule has 1 amide bonds. The summed E-state index contributed by atoms with van der Waals surface area (Å²) in [7, 11) is 0. The highest BCUT2D eigenvalue weighted by atomic mass is 35.5. The maximum atomic E-state index is 12.4. The van der Waals surface area contributed by atoms with Gasteiger partial charge in [-0.15, -0.1) is 12.4 Å².